The van der Waals surface area contributed by atoms with Crippen LogP contribution in [0.1, 0.15) is 55.2 Å². The van der Waals surface area contributed by atoms with Gasteiger partial charge in [0.05, 0.1) is 11.1 Å². The Kier molecular flexibility index (Phi) is 7.15. The van der Waals surface area contributed by atoms with Gasteiger partial charge in [-0.2, -0.15) is 0 Å². The lowest BCUT2D eigenvalue weighted by Crippen LogP contribution is -2.04. The van der Waals surface area contributed by atoms with Crippen molar-refractivity contribution in [2.75, 3.05) is 5.73 Å². The van der Waals surface area contributed by atoms with Crippen LogP contribution in [0.15, 0.2) is 54.6 Å². The Morgan fingerprint density at radius 1 is 1.03 bits per heavy atom. The van der Waals surface area contributed by atoms with Crippen LogP contribution in [0.2, 0.25) is 0 Å². The molecule has 0 amide bonds. The Morgan fingerprint density at radius 3 is 2.24 bits per heavy atom. The lowest BCUT2D eigenvalue weighted by molar-refractivity contribution is 0.0696. The van der Waals surface area contributed by atoms with Crippen molar-refractivity contribution in [2.45, 2.75) is 33.6 Å². The Morgan fingerprint density at radius 2 is 1.68 bits per heavy atom. The van der Waals surface area contributed by atoms with Gasteiger partial charge in [0, 0.05) is 39.8 Å². The van der Waals surface area contributed by atoms with Crippen LogP contribution in [0.25, 0.3) is 27.7 Å². The number of fused-ring (bicyclic) bond motifs is 1. The first kappa shape index (κ1) is 24.6. The summed E-state index contributed by atoms with van der Waals surface area (Å²) in [5.74, 6) is -2.34. The lowest BCUT2D eigenvalue weighted by Gasteiger charge is -2.16. The van der Waals surface area contributed by atoms with Crippen molar-refractivity contribution in [1.82, 2.24) is 4.57 Å². The zero-order chi connectivity index (χ0) is 25.2. The molecular formula is C27H27F2N3O2. The fourth-order valence-electron chi connectivity index (χ4n) is 4.09. The highest BCUT2D eigenvalue weighted by Gasteiger charge is 2.24. The van der Waals surface area contributed by atoms with E-state index in [2.05, 4.69) is 0 Å². The zero-order valence-electron chi connectivity index (χ0n) is 19.5. The number of nitrogens with zero attached hydrogens (tertiary/aromatic N) is 1. The number of rotatable bonds is 5. The largest absolute Gasteiger partial charge is 0.478 e. The molecule has 0 unspecified atom stereocenters. The van der Waals surface area contributed by atoms with Gasteiger partial charge in [-0.25, -0.2) is 13.6 Å². The molecule has 0 bridgehead atoms. The first-order chi connectivity index (χ1) is 16.2. The standard InChI is InChI=1S/C25H21F2N3O2.C2H6/c1-13(2)24-23(14-7-15(25(31)32)9-18(27)8-14)20-11-21(29)16(12-28)10-22(20)30(24)19-5-3-17(26)4-6-19;1-2/h3-13,28H,29H2,1-2H3,(H,31,32);1-2H3. The van der Waals surface area contributed by atoms with Crippen LogP contribution in [0.3, 0.4) is 0 Å². The maximum absolute atomic E-state index is 14.4. The highest BCUT2D eigenvalue weighted by atomic mass is 19.1. The summed E-state index contributed by atoms with van der Waals surface area (Å²) in [4.78, 5) is 11.6. The minimum atomic E-state index is -1.23. The number of aromatic nitrogens is 1. The van der Waals surface area contributed by atoms with Gasteiger partial charge in [0.15, 0.2) is 0 Å². The van der Waals surface area contributed by atoms with Gasteiger partial charge in [-0.15, -0.1) is 0 Å². The summed E-state index contributed by atoms with van der Waals surface area (Å²) in [7, 11) is 0. The average Bonchev–Trinajstić information content (AvgIpc) is 3.14. The molecule has 4 N–H and O–H groups in total. The molecule has 0 aliphatic carbocycles. The molecule has 0 aliphatic heterocycles. The Labute approximate surface area is 197 Å². The van der Waals surface area contributed by atoms with E-state index in [-0.39, 0.29) is 17.3 Å². The number of carboxylic acids is 1. The summed E-state index contributed by atoms with van der Waals surface area (Å²) >= 11 is 0. The van der Waals surface area contributed by atoms with Crippen molar-refractivity contribution in [1.29, 1.82) is 5.41 Å². The number of anilines is 1. The van der Waals surface area contributed by atoms with Gasteiger partial charge in [-0.1, -0.05) is 27.7 Å². The topological polar surface area (TPSA) is 92.1 Å². The highest BCUT2D eigenvalue weighted by molar-refractivity contribution is 6.05. The van der Waals surface area contributed by atoms with Crippen LogP contribution >= 0.6 is 0 Å². The number of hydrogen-bond acceptors (Lipinski definition) is 3. The molecule has 5 nitrogen and oxygen atoms in total. The van der Waals surface area contributed by atoms with Crippen molar-refractivity contribution in [2.24, 2.45) is 0 Å². The predicted octanol–water partition coefficient (Wildman–Crippen LogP) is 7.00. The summed E-state index contributed by atoms with van der Waals surface area (Å²) in [6.45, 7) is 7.94. The van der Waals surface area contributed by atoms with E-state index >= 15 is 0 Å². The van der Waals surface area contributed by atoms with Crippen LogP contribution < -0.4 is 5.73 Å². The number of aromatic carboxylic acids is 1. The fourth-order valence-corrected chi connectivity index (χ4v) is 4.09. The molecule has 0 spiro atoms. The Hall–Kier alpha value is -4.00. The molecule has 3 aromatic carbocycles. The maximum Gasteiger partial charge on any atom is 0.335 e. The van der Waals surface area contributed by atoms with E-state index in [1.165, 1.54) is 24.3 Å². The van der Waals surface area contributed by atoms with Crippen molar-refractivity contribution < 1.29 is 18.7 Å². The van der Waals surface area contributed by atoms with Gasteiger partial charge >= 0.3 is 5.97 Å². The van der Waals surface area contributed by atoms with E-state index in [1.807, 2.05) is 32.3 Å². The van der Waals surface area contributed by atoms with E-state index in [0.29, 0.717) is 39.0 Å². The molecule has 0 fully saturated rings. The predicted molar refractivity (Wildman–Crippen MR) is 133 cm³/mol. The number of hydrogen-bond donors (Lipinski definition) is 3. The van der Waals surface area contributed by atoms with E-state index in [1.54, 1.807) is 24.3 Å². The molecule has 0 aliphatic rings. The van der Waals surface area contributed by atoms with Crippen LogP contribution in [0, 0.1) is 17.0 Å². The van der Waals surface area contributed by atoms with E-state index in [4.69, 9.17) is 11.1 Å². The van der Waals surface area contributed by atoms with Gasteiger partial charge in [-0.3, -0.25) is 0 Å². The summed E-state index contributed by atoms with van der Waals surface area (Å²) in [6, 6.07) is 13.1. The van der Waals surface area contributed by atoms with Crippen molar-refractivity contribution in [3.05, 3.63) is 83.1 Å². The summed E-state index contributed by atoms with van der Waals surface area (Å²) < 4.78 is 30.0. The smallest absolute Gasteiger partial charge is 0.335 e. The van der Waals surface area contributed by atoms with Crippen LogP contribution in [0.5, 0.6) is 0 Å². The monoisotopic (exact) mass is 463 g/mol. The van der Waals surface area contributed by atoms with Crippen LogP contribution in [0.4, 0.5) is 14.5 Å². The second-order valence-corrected chi connectivity index (χ2v) is 7.90. The third-order valence-electron chi connectivity index (χ3n) is 5.43. The van der Waals surface area contributed by atoms with Crippen molar-refractivity contribution in [3.63, 3.8) is 0 Å². The molecule has 1 aromatic heterocycles. The molecule has 7 heteroatoms. The molecule has 1 heterocycles. The lowest BCUT2D eigenvalue weighted by atomic mass is 9.95. The fraction of sp³-hybridized carbons (Fsp3) is 0.185. The number of benzene rings is 3. The van der Waals surface area contributed by atoms with E-state index < -0.39 is 11.8 Å². The summed E-state index contributed by atoms with van der Waals surface area (Å²) in [6.07, 6.45) is 1.15. The van der Waals surface area contributed by atoms with Gasteiger partial charge < -0.3 is 20.8 Å². The normalized spacial score (nSPS) is 10.8. The van der Waals surface area contributed by atoms with Gasteiger partial charge in [0.2, 0.25) is 0 Å². The molecule has 34 heavy (non-hydrogen) atoms. The third-order valence-corrected chi connectivity index (χ3v) is 5.43. The third kappa shape index (κ3) is 4.41. The average molecular weight is 464 g/mol. The van der Waals surface area contributed by atoms with Crippen molar-refractivity contribution in [3.8, 4) is 16.8 Å². The SMILES string of the molecule is CC.CC(C)c1c(-c2cc(F)cc(C(=O)O)c2)c2cc(N)c(C=N)cc2n1-c1ccc(F)cc1. The second-order valence-electron chi connectivity index (χ2n) is 7.90. The highest BCUT2D eigenvalue weighted by Crippen LogP contribution is 2.42. The van der Waals surface area contributed by atoms with E-state index in [0.717, 1.165) is 18.0 Å². The van der Waals surface area contributed by atoms with Crippen LogP contribution in [-0.4, -0.2) is 21.9 Å². The molecule has 176 valence electrons. The maximum atomic E-state index is 14.4. The van der Waals surface area contributed by atoms with Gasteiger partial charge in [-0.05, 0) is 66.1 Å². The molecule has 0 atom stereocenters. The number of carboxylic acid groups (broad SMARTS) is 1. The summed E-state index contributed by atoms with van der Waals surface area (Å²) in [5, 5.41) is 17.8. The molecule has 0 saturated carbocycles. The first-order valence-corrected chi connectivity index (χ1v) is 11.0. The van der Waals surface area contributed by atoms with Gasteiger partial charge in [0.1, 0.15) is 11.6 Å². The quantitative estimate of drug-likeness (QED) is 0.220. The molecule has 4 rings (SSSR count). The summed E-state index contributed by atoms with van der Waals surface area (Å²) in [5.41, 5.74) is 10.1. The Balaban J connectivity index is 0.00000158. The molecule has 0 saturated heterocycles. The second kappa shape index (κ2) is 9.87. The molecule has 0 radical (unpaired) electrons. The first-order valence-electron chi connectivity index (χ1n) is 11.0. The molecule has 4 aromatic rings. The number of halogens is 2. The number of nitrogens with one attached hydrogen (secondary N) is 1. The van der Waals surface area contributed by atoms with Crippen molar-refractivity contribution >= 4 is 28.8 Å². The number of carbonyl (C=O) groups is 1. The van der Waals surface area contributed by atoms with Gasteiger partial charge in [0.25, 0.3) is 0 Å². The number of nitrogens with two attached hydrogens (primary N) is 1. The number of nitrogen functional groups attached to an aromatic ring is 1. The molecular weight excluding hydrogens is 436 g/mol. The minimum absolute atomic E-state index is 0.0661. The minimum Gasteiger partial charge on any atom is -0.478 e. The zero-order valence-corrected chi connectivity index (χ0v) is 19.5. The van der Waals surface area contributed by atoms with Crippen LogP contribution in [-0.2, 0) is 0 Å². The van der Waals surface area contributed by atoms with E-state index in [9.17, 15) is 18.7 Å². The Bertz CT molecular complexity index is 1370.